The average molecular weight is 407 g/mol. The molecule has 0 spiro atoms. The van der Waals surface area contributed by atoms with E-state index in [1.807, 2.05) is 13.8 Å². The maximum absolute atomic E-state index is 12.5. The highest BCUT2D eigenvalue weighted by molar-refractivity contribution is 8.18. The highest BCUT2D eigenvalue weighted by Gasteiger charge is 2.36. The van der Waals surface area contributed by atoms with Crippen LogP contribution in [0, 0.1) is 0 Å². The van der Waals surface area contributed by atoms with Crippen LogP contribution in [0.15, 0.2) is 23.1 Å². The maximum Gasteiger partial charge on any atom is 0.326 e. The van der Waals surface area contributed by atoms with Gasteiger partial charge in [0.1, 0.15) is 6.54 Å². The first-order valence-corrected chi connectivity index (χ1v) is 9.86. The minimum atomic E-state index is -0.619. The highest BCUT2D eigenvalue weighted by Crippen LogP contribution is 2.34. The number of hydrogen-bond acceptors (Lipinski definition) is 7. The lowest BCUT2D eigenvalue weighted by Crippen LogP contribution is -2.35. The topological polar surface area (TPSA) is 82.1 Å². The summed E-state index contributed by atoms with van der Waals surface area (Å²) in [6.07, 6.45) is 2.18. The minimum Gasteiger partial charge on any atom is -0.493 e. The lowest BCUT2D eigenvalue weighted by atomic mass is 10.1. The van der Waals surface area contributed by atoms with Gasteiger partial charge in [-0.25, -0.2) is 0 Å². The lowest BCUT2D eigenvalue weighted by molar-refractivity contribution is -0.149. The van der Waals surface area contributed by atoms with Gasteiger partial charge < -0.3 is 14.2 Å². The quantitative estimate of drug-likeness (QED) is 0.478. The largest absolute Gasteiger partial charge is 0.493 e. The molecule has 0 bridgehead atoms. The average Bonchev–Trinajstić information content (AvgIpc) is 2.89. The number of nitrogens with zero attached hydrogens (tertiary/aromatic N) is 1. The van der Waals surface area contributed by atoms with Crippen molar-refractivity contribution in [1.29, 1.82) is 0 Å². The number of imide groups is 1. The molecule has 0 aliphatic carbocycles. The Morgan fingerprint density at radius 2 is 1.93 bits per heavy atom. The van der Waals surface area contributed by atoms with E-state index in [2.05, 4.69) is 0 Å². The Bertz CT molecular complexity index is 789. The zero-order valence-electron chi connectivity index (χ0n) is 16.7. The zero-order valence-corrected chi connectivity index (χ0v) is 17.5. The number of thioether (sulfide) groups is 1. The van der Waals surface area contributed by atoms with Crippen LogP contribution < -0.4 is 9.47 Å². The number of esters is 1. The van der Waals surface area contributed by atoms with Crippen molar-refractivity contribution in [1.82, 2.24) is 4.90 Å². The van der Waals surface area contributed by atoms with E-state index >= 15 is 0 Å². The van der Waals surface area contributed by atoms with Crippen LogP contribution in [0.4, 0.5) is 4.79 Å². The van der Waals surface area contributed by atoms with Crippen LogP contribution in [0.2, 0.25) is 0 Å². The van der Waals surface area contributed by atoms with Crippen LogP contribution in [0.3, 0.4) is 0 Å². The molecule has 1 aromatic carbocycles. The molecule has 0 radical (unpaired) electrons. The van der Waals surface area contributed by atoms with Gasteiger partial charge in [0, 0.05) is 0 Å². The Hall–Kier alpha value is -2.48. The summed E-state index contributed by atoms with van der Waals surface area (Å²) < 4.78 is 16.2. The Morgan fingerprint density at radius 1 is 1.21 bits per heavy atom. The second-order valence-corrected chi connectivity index (χ2v) is 7.55. The normalized spacial score (nSPS) is 16.6. The van der Waals surface area contributed by atoms with Crippen LogP contribution >= 0.6 is 11.8 Å². The Morgan fingerprint density at radius 3 is 2.54 bits per heavy atom. The van der Waals surface area contributed by atoms with E-state index in [1.54, 1.807) is 38.1 Å². The predicted molar refractivity (Wildman–Crippen MR) is 107 cm³/mol. The molecule has 28 heavy (non-hydrogen) atoms. The fourth-order valence-electron chi connectivity index (χ4n) is 2.39. The van der Waals surface area contributed by atoms with Gasteiger partial charge in [0.2, 0.25) is 0 Å². The van der Waals surface area contributed by atoms with Gasteiger partial charge in [0.25, 0.3) is 11.1 Å². The van der Waals surface area contributed by atoms with Gasteiger partial charge in [0.05, 0.1) is 24.2 Å². The summed E-state index contributed by atoms with van der Waals surface area (Å²) in [5.41, 5.74) is 0.684. The molecule has 0 aromatic heterocycles. The molecule has 1 fully saturated rings. The Balaban J connectivity index is 2.17. The summed E-state index contributed by atoms with van der Waals surface area (Å²) in [5.74, 6) is 0.00805. The minimum absolute atomic E-state index is 0.0434. The molecule has 0 N–H and O–H groups in total. The molecule has 7 nitrogen and oxygen atoms in total. The number of rotatable bonds is 8. The van der Waals surface area contributed by atoms with Gasteiger partial charge in [-0.05, 0) is 62.7 Å². The monoisotopic (exact) mass is 407 g/mol. The van der Waals surface area contributed by atoms with E-state index in [-0.39, 0.29) is 17.1 Å². The van der Waals surface area contributed by atoms with Crippen molar-refractivity contribution < 1.29 is 28.6 Å². The number of ether oxygens (including phenoxy) is 3. The van der Waals surface area contributed by atoms with Crippen molar-refractivity contribution in [2.24, 2.45) is 0 Å². The third-order valence-corrected chi connectivity index (χ3v) is 4.82. The summed E-state index contributed by atoms with van der Waals surface area (Å²) in [6, 6.07) is 5.28. The molecule has 1 aliphatic rings. The number of benzene rings is 1. The maximum atomic E-state index is 12.5. The van der Waals surface area contributed by atoms with Crippen LogP contribution in [-0.4, -0.2) is 47.9 Å². The molecule has 1 saturated heterocycles. The molecule has 1 atom stereocenters. The summed E-state index contributed by atoms with van der Waals surface area (Å²) in [4.78, 5) is 37.5. The van der Waals surface area contributed by atoms with Crippen molar-refractivity contribution in [2.45, 2.75) is 46.3 Å². The van der Waals surface area contributed by atoms with Gasteiger partial charge in [-0.2, -0.15) is 0 Å². The zero-order chi connectivity index (χ0) is 20.8. The second-order valence-electron chi connectivity index (χ2n) is 6.55. The summed E-state index contributed by atoms with van der Waals surface area (Å²) in [6.45, 7) is 7.00. The first kappa shape index (κ1) is 21.8. The Labute approximate surface area is 169 Å². The molecule has 152 valence electrons. The molecule has 1 aromatic rings. The summed E-state index contributed by atoms with van der Waals surface area (Å²) >= 11 is 0.788. The molecular formula is C20H25NO6S. The number of amides is 2. The predicted octanol–water partition coefficient (Wildman–Crippen LogP) is 3.86. The Kier molecular flexibility index (Phi) is 7.51. The number of hydrogen-bond donors (Lipinski definition) is 0. The fourth-order valence-corrected chi connectivity index (χ4v) is 3.23. The van der Waals surface area contributed by atoms with Crippen LogP contribution in [0.25, 0.3) is 6.08 Å². The number of carbonyl (C=O) groups excluding carboxylic acids is 3. The molecule has 0 unspecified atom stereocenters. The molecule has 8 heteroatoms. The summed E-state index contributed by atoms with van der Waals surface area (Å²) in [7, 11) is 1.54. The number of carbonyl (C=O) groups is 3. The molecule has 2 rings (SSSR count). The van der Waals surface area contributed by atoms with E-state index in [1.165, 1.54) is 7.11 Å². The van der Waals surface area contributed by atoms with Crippen molar-refractivity contribution in [3.05, 3.63) is 28.7 Å². The first-order chi connectivity index (χ1) is 13.2. The van der Waals surface area contributed by atoms with E-state index in [9.17, 15) is 14.4 Å². The van der Waals surface area contributed by atoms with Crippen LogP contribution in [-0.2, 0) is 14.3 Å². The third kappa shape index (κ3) is 5.51. The van der Waals surface area contributed by atoms with Crippen molar-refractivity contribution in [3.8, 4) is 11.5 Å². The molecule has 0 saturated carbocycles. The second kappa shape index (κ2) is 9.64. The van der Waals surface area contributed by atoms with Gasteiger partial charge in [-0.1, -0.05) is 13.0 Å². The molecular weight excluding hydrogens is 382 g/mol. The van der Waals surface area contributed by atoms with Gasteiger partial charge in [-0.15, -0.1) is 0 Å². The van der Waals surface area contributed by atoms with Gasteiger partial charge in [-0.3, -0.25) is 19.3 Å². The summed E-state index contributed by atoms with van der Waals surface area (Å²) in [5, 5.41) is -0.499. The standard InChI is InChI=1S/C20H25NO6S/c1-6-13(4)27-15-8-7-14(9-16(15)25-5)10-17-19(23)21(20(24)28-17)11-18(22)26-12(2)3/h7-10,12-13H,6,11H2,1-5H3/b17-10+/t13-/m0/s1. The van der Waals surface area contributed by atoms with E-state index in [0.29, 0.717) is 17.1 Å². The molecule has 2 amide bonds. The first-order valence-electron chi connectivity index (χ1n) is 9.04. The van der Waals surface area contributed by atoms with Crippen molar-refractivity contribution in [3.63, 3.8) is 0 Å². The smallest absolute Gasteiger partial charge is 0.326 e. The van der Waals surface area contributed by atoms with E-state index in [0.717, 1.165) is 23.1 Å². The van der Waals surface area contributed by atoms with E-state index in [4.69, 9.17) is 14.2 Å². The van der Waals surface area contributed by atoms with Crippen molar-refractivity contribution >= 4 is 35.0 Å². The highest BCUT2D eigenvalue weighted by atomic mass is 32.2. The third-order valence-electron chi connectivity index (χ3n) is 3.92. The SMILES string of the molecule is CC[C@H](C)Oc1ccc(/C=C2/SC(=O)N(CC(=O)OC(C)C)C2=O)cc1OC. The number of methoxy groups -OCH3 is 1. The van der Waals surface area contributed by atoms with Gasteiger partial charge in [0.15, 0.2) is 11.5 Å². The van der Waals surface area contributed by atoms with Crippen LogP contribution in [0.5, 0.6) is 11.5 Å². The molecule has 1 aliphatic heterocycles. The van der Waals surface area contributed by atoms with Crippen LogP contribution in [0.1, 0.15) is 39.7 Å². The lowest BCUT2D eigenvalue weighted by Gasteiger charge is -2.15. The molecule has 1 heterocycles. The van der Waals surface area contributed by atoms with E-state index < -0.39 is 23.7 Å². The van der Waals surface area contributed by atoms with Gasteiger partial charge >= 0.3 is 5.97 Å². The fraction of sp³-hybridized carbons (Fsp3) is 0.450. The van der Waals surface area contributed by atoms with Crippen molar-refractivity contribution in [2.75, 3.05) is 13.7 Å².